The Morgan fingerprint density at radius 2 is 2.07 bits per heavy atom. The summed E-state index contributed by atoms with van der Waals surface area (Å²) in [4.78, 5) is 29.4. The molecular weight excluding hydrogens is 422 g/mol. The van der Waals surface area contributed by atoms with Gasteiger partial charge in [-0.25, -0.2) is 4.98 Å². The van der Waals surface area contributed by atoms with Crippen LogP contribution in [0.15, 0.2) is 29.0 Å². The fourth-order valence-corrected chi connectivity index (χ4v) is 4.79. The van der Waals surface area contributed by atoms with Crippen molar-refractivity contribution in [2.45, 2.75) is 18.8 Å². The number of aromatic nitrogens is 3. The maximum absolute atomic E-state index is 12.4. The first-order valence-corrected chi connectivity index (χ1v) is 10.6. The normalized spacial score (nSPS) is 15.0. The van der Waals surface area contributed by atoms with Crippen molar-refractivity contribution in [2.75, 3.05) is 13.1 Å². The minimum atomic E-state index is -0.496. The molecule has 28 heavy (non-hydrogen) atoms. The molecule has 2 aromatic heterocycles. The van der Waals surface area contributed by atoms with Crippen molar-refractivity contribution in [2.24, 2.45) is 0 Å². The molecule has 0 N–H and O–H groups in total. The van der Waals surface area contributed by atoms with E-state index in [0.29, 0.717) is 30.0 Å². The van der Waals surface area contributed by atoms with Crippen LogP contribution >= 0.6 is 34.5 Å². The lowest BCUT2D eigenvalue weighted by molar-refractivity contribution is -0.384. The quantitative estimate of drug-likeness (QED) is 0.448. The van der Waals surface area contributed by atoms with Crippen molar-refractivity contribution in [3.63, 3.8) is 0 Å². The van der Waals surface area contributed by atoms with E-state index in [-0.39, 0.29) is 22.5 Å². The van der Waals surface area contributed by atoms with Gasteiger partial charge in [-0.15, -0.1) is 16.4 Å². The number of hydrogen-bond acceptors (Lipinski definition) is 8. The Kier molecular flexibility index (Phi) is 5.33. The predicted octanol–water partition coefficient (Wildman–Crippen LogP) is 4.24. The molecule has 0 atom stereocenters. The molecule has 3 aromatic rings. The van der Waals surface area contributed by atoms with Crippen LogP contribution in [0, 0.1) is 10.1 Å². The molecule has 0 saturated carbocycles. The Morgan fingerprint density at radius 3 is 2.75 bits per heavy atom. The van der Waals surface area contributed by atoms with Crippen LogP contribution in [0.3, 0.4) is 0 Å². The molecule has 0 spiro atoms. The first-order valence-electron chi connectivity index (χ1n) is 8.49. The molecule has 8 nitrogen and oxygen atoms in total. The number of carbonyl (C=O) groups excluding carboxylic acids is 1. The van der Waals surface area contributed by atoms with Gasteiger partial charge in [0.1, 0.15) is 5.02 Å². The molecule has 0 aliphatic carbocycles. The standard InChI is InChI=1S/C17H14ClN5O3S2/c18-12-2-1-11(7-15(12)23(25)26)13-8-27-16(19-13)10-3-5-22(6-4-10)17(24)14-9-28-21-20-14/h1-2,7-10H,3-6H2. The molecule has 11 heteroatoms. The zero-order valence-electron chi connectivity index (χ0n) is 14.4. The third-order valence-corrected chi connectivity index (χ3v) is 6.50. The van der Waals surface area contributed by atoms with Crippen LogP contribution in [0.25, 0.3) is 11.3 Å². The van der Waals surface area contributed by atoms with Gasteiger partial charge in [-0.3, -0.25) is 14.9 Å². The molecule has 0 radical (unpaired) electrons. The highest BCUT2D eigenvalue weighted by Crippen LogP contribution is 2.35. The highest BCUT2D eigenvalue weighted by molar-refractivity contribution is 7.10. The SMILES string of the molecule is O=C(c1csnn1)N1CCC(c2nc(-c3ccc(Cl)c([N+](=O)[O-])c3)cs2)CC1. The zero-order valence-corrected chi connectivity index (χ0v) is 16.8. The molecule has 0 unspecified atom stereocenters. The number of nitro groups is 1. The highest BCUT2D eigenvalue weighted by Gasteiger charge is 2.27. The number of nitro benzene ring substituents is 1. The van der Waals surface area contributed by atoms with E-state index >= 15 is 0 Å². The van der Waals surface area contributed by atoms with E-state index in [4.69, 9.17) is 11.6 Å². The topological polar surface area (TPSA) is 102 Å². The molecular formula is C17H14ClN5O3S2. The average molecular weight is 436 g/mol. The lowest BCUT2D eigenvalue weighted by Gasteiger charge is -2.30. The molecule has 1 amide bonds. The Labute approximate surface area is 173 Å². The number of rotatable bonds is 4. The summed E-state index contributed by atoms with van der Waals surface area (Å²) in [5, 5.41) is 19.6. The molecule has 144 valence electrons. The molecule has 3 heterocycles. The van der Waals surface area contributed by atoms with E-state index in [1.54, 1.807) is 16.3 Å². The lowest BCUT2D eigenvalue weighted by atomic mass is 9.97. The largest absolute Gasteiger partial charge is 0.337 e. The van der Waals surface area contributed by atoms with Gasteiger partial charge in [0.2, 0.25) is 0 Å². The first-order chi connectivity index (χ1) is 13.5. The molecule has 1 aromatic carbocycles. The third-order valence-electron chi connectivity index (χ3n) is 4.67. The number of amides is 1. The smallest absolute Gasteiger partial charge is 0.288 e. The number of thiazole rings is 1. The molecule has 4 rings (SSSR count). The minimum Gasteiger partial charge on any atom is -0.337 e. The summed E-state index contributed by atoms with van der Waals surface area (Å²) in [7, 11) is 0. The van der Waals surface area contributed by atoms with Gasteiger partial charge in [-0.05, 0) is 30.4 Å². The van der Waals surface area contributed by atoms with Crippen LogP contribution in [0.5, 0.6) is 0 Å². The van der Waals surface area contributed by atoms with E-state index in [1.165, 1.54) is 35.0 Å². The van der Waals surface area contributed by atoms with Crippen molar-refractivity contribution in [3.8, 4) is 11.3 Å². The monoisotopic (exact) mass is 435 g/mol. The second-order valence-corrected chi connectivity index (χ2v) is 8.26. The van der Waals surface area contributed by atoms with Gasteiger partial charge >= 0.3 is 0 Å². The second-order valence-electron chi connectivity index (χ2n) is 6.35. The van der Waals surface area contributed by atoms with Gasteiger partial charge in [0.05, 0.1) is 15.6 Å². The van der Waals surface area contributed by atoms with Crippen molar-refractivity contribution < 1.29 is 9.72 Å². The fraction of sp³-hybridized carbons (Fsp3) is 0.294. The highest BCUT2D eigenvalue weighted by atomic mass is 35.5. The van der Waals surface area contributed by atoms with Crippen molar-refractivity contribution in [1.29, 1.82) is 0 Å². The van der Waals surface area contributed by atoms with Gasteiger partial charge in [-0.2, -0.15) is 0 Å². The summed E-state index contributed by atoms with van der Waals surface area (Å²) < 4.78 is 3.74. The predicted molar refractivity (Wildman–Crippen MR) is 107 cm³/mol. The number of piperidine rings is 1. The second kappa shape index (κ2) is 7.90. The van der Waals surface area contributed by atoms with Gasteiger partial charge < -0.3 is 4.90 Å². The zero-order chi connectivity index (χ0) is 19.7. The van der Waals surface area contributed by atoms with E-state index in [2.05, 4.69) is 14.6 Å². The average Bonchev–Trinajstić information content (AvgIpc) is 3.40. The molecule has 1 aliphatic rings. The summed E-state index contributed by atoms with van der Waals surface area (Å²) in [5.41, 5.74) is 1.63. The molecule has 1 aliphatic heterocycles. The van der Waals surface area contributed by atoms with E-state index in [0.717, 1.165) is 17.8 Å². The van der Waals surface area contributed by atoms with Crippen LogP contribution in [0.4, 0.5) is 5.69 Å². The number of likely N-dealkylation sites (tertiary alicyclic amines) is 1. The summed E-state index contributed by atoms with van der Waals surface area (Å²) in [6.45, 7) is 1.28. The van der Waals surface area contributed by atoms with Crippen molar-refractivity contribution in [1.82, 2.24) is 19.5 Å². The van der Waals surface area contributed by atoms with E-state index in [9.17, 15) is 14.9 Å². The number of halogens is 1. The number of nitrogens with zero attached hydrogens (tertiary/aromatic N) is 5. The van der Waals surface area contributed by atoms with E-state index in [1.807, 2.05) is 5.38 Å². The third kappa shape index (κ3) is 3.75. The Hall–Kier alpha value is -2.43. The lowest BCUT2D eigenvalue weighted by Crippen LogP contribution is -2.38. The minimum absolute atomic E-state index is 0.0829. The number of hydrogen-bond donors (Lipinski definition) is 0. The van der Waals surface area contributed by atoms with Crippen LogP contribution in [-0.4, -0.2) is 43.4 Å². The van der Waals surface area contributed by atoms with Crippen LogP contribution in [0.1, 0.15) is 34.3 Å². The summed E-state index contributed by atoms with van der Waals surface area (Å²) in [6.07, 6.45) is 1.63. The summed E-state index contributed by atoms with van der Waals surface area (Å²) in [5.74, 6) is 0.180. The Bertz CT molecular complexity index is 1020. The van der Waals surface area contributed by atoms with Crippen molar-refractivity contribution >= 4 is 46.1 Å². The Morgan fingerprint density at radius 1 is 1.29 bits per heavy atom. The molecule has 1 fully saturated rings. The van der Waals surface area contributed by atoms with E-state index < -0.39 is 4.92 Å². The molecule has 1 saturated heterocycles. The fourth-order valence-electron chi connectivity index (χ4n) is 3.17. The Balaban J connectivity index is 1.45. The van der Waals surface area contributed by atoms with Gasteiger partial charge in [0, 0.05) is 41.4 Å². The van der Waals surface area contributed by atoms with Gasteiger partial charge in [0.25, 0.3) is 11.6 Å². The summed E-state index contributed by atoms with van der Waals surface area (Å²) in [6, 6.07) is 4.70. The van der Waals surface area contributed by atoms with Crippen molar-refractivity contribution in [3.05, 3.63) is 54.8 Å². The van der Waals surface area contributed by atoms with Gasteiger partial charge in [-0.1, -0.05) is 22.2 Å². The maximum Gasteiger partial charge on any atom is 0.288 e. The number of carbonyl (C=O) groups is 1. The van der Waals surface area contributed by atoms with Gasteiger partial charge in [0.15, 0.2) is 5.69 Å². The molecule has 0 bridgehead atoms. The maximum atomic E-state index is 12.4. The first kappa shape index (κ1) is 18.9. The summed E-state index contributed by atoms with van der Waals surface area (Å²) >= 11 is 8.59. The van der Waals surface area contributed by atoms with Crippen LogP contribution < -0.4 is 0 Å². The number of benzene rings is 1. The van der Waals surface area contributed by atoms with Crippen LogP contribution in [-0.2, 0) is 0 Å². The van der Waals surface area contributed by atoms with Crippen LogP contribution in [0.2, 0.25) is 5.02 Å².